The van der Waals surface area contributed by atoms with Crippen molar-refractivity contribution >= 4 is 10.9 Å². The SMILES string of the molecule is COCCNCCn1cc(C)c2ccccc21. The second-order valence-electron chi connectivity index (χ2n) is 4.27. The molecule has 1 aromatic heterocycles. The van der Waals surface area contributed by atoms with Crippen LogP contribution in [-0.2, 0) is 11.3 Å². The van der Waals surface area contributed by atoms with E-state index >= 15 is 0 Å². The number of nitrogens with zero attached hydrogens (tertiary/aromatic N) is 1. The molecule has 0 spiro atoms. The van der Waals surface area contributed by atoms with Gasteiger partial charge in [0, 0.05) is 43.8 Å². The summed E-state index contributed by atoms with van der Waals surface area (Å²) in [6, 6.07) is 8.55. The van der Waals surface area contributed by atoms with Crippen molar-refractivity contribution in [2.24, 2.45) is 0 Å². The zero-order valence-corrected chi connectivity index (χ0v) is 10.6. The molecule has 0 bridgehead atoms. The fourth-order valence-electron chi connectivity index (χ4n) is 2.11. The van der Waals surface area contributed by atoms with Crippen LogP contribution < -0.4 is 5.32 Å². The van der Waals surface area contributed by atoms with E-state index < -0.39 is 0 Å². The summed E-state index contributed by atoms with van der Waals surface area (Å²) in [4.78, 5) is 0. The Kier molecular flexibility index (Phi) is 4.18. The number of hydrogen-bond donors (Lipinski definition) is 1. The molecular formula is C14H20N2O. The summed E-state index contributed by atoms with van der Waals surface area (Å²) in [6.07, 6.45) is 2.22. The molecule has 0 saturated carbocycles. The minimum atomic E-state index is 0.769. The first kappa shape index (κ1) is 12.1. The van der Waals surface area contributed by atoms with Crippen molar-refractivity contribution in [3.8, 4) is 0 Å². The Bertz CT molecular complexity index is 476. The number of aryl methyl sites for hydroxylation is 1. The number of aromatic nitrogens is 1. The summed E-state index contributed by atoms with van der Waals surface area (Å²) in [5, 5.41) is 4.71. The van der Waals surface area contributed by atoms with Gasteiger partial charge in [-0.3, -0.25) is 0 Å². The van der Waals surface area contributed by atoms with Crippen LogP contribution in [0.1, 0.15) is 5.56 Å². The van der Waals surface area contributed by atoms with Gasteiger partial charge in [0.2, 0.25) is 0 Å². The van der Waals surface area contributed by atoms with E-state index in [1.807, 2.05) is 0 Å². The van der Waals surface area contributed by atoms with Crippen molar-refractivity contribution < 1.29 is 4.74 Å². The van der Waals surface area contributed by atoms with Gasteiger partial charge in [-0.1, -0.05) is 18.2 Å². The summed E-state index contributed by atoms with van der Waals surface area (Å²) in [6.45, 7) is 5.82. The van der Waals surface area contributed by atoms with E-state index in [2.05, 4.69) is 47.3 Å². The third kappa shape index (κ3) is 2.87. The molecule has 0 aliphatic rings. The Morgan fingerprint density at radius 1 is 1.24 bits per heavy atom. The highest BCUT2D eigenvalue weighted by molar-refractivity contribution is 5.83. The van der Waals surface area contributed by atoms with Crippen LogP contribution in [-0.4, -0.2) is 31.4 Å². The topological polar surface area (TPSA) is 26.2 Å². The summed E-state index contributed by atoms with van der Waals surface area (Å²) in [7, 11) is 1.73. The largest absolute Gasteiger partial charge is 0.383 e. The van der Waals surface area contributed by atoms with Gasteiger partial charge in [-0.2, -0.15) is 0 Å². The smallest absolute Gasteiger partial charge is 0.0587 e. The third-order valence-electron chi connectivity index (χ3n) is 3.00. The maximum absolute atomic E-state index is 5.00. The molecule has 3 heteroatoms. The van der Waals surface area contributed by atoms with Gasteiger partial charge in [-0.25, -0.2) is 0 Å². The quantitative estimate of drug-likeness (QED) is 0.773. The van der Waals surface area contributed by atoms with Gasteiger partial charge in [0.15, 0.2) is 0 Å². The molecule has 1 N–H and O–H groups in total. The molecular weight excluding hydrogens is 212 g/mol. The lowest BCUT2D eigenvalue weighted by Crippen LogP contribution is -2.23. The number of methoxy groups -OCH3 is 1. The second kappa shape index (κ2) is 5.84. The number of hydrogen-bond acceptors (Lipinski definition) is 2. The van der Waals surface area contributed by atoms with E-state index in [4.69, 9.17) is 4.74 Å². The van der Waals surface area contributed by atoms with E-state index in [-0.39, 0.29) is 0 Å². The fraction of sp³-hybridized carbons (Fsp3) is 0.429. The van der Waals surface area contributed by atoms with Crippen molar-refractivity contribution in [2.45, 2.75) is 13.5 Å². The molecule has 0 aliphatic carbocycles. The lowest BCUT2D eigenvalue weighted by molar-refractivity contribution is 0.199. The summed E-state index contributed by atoms with van der Waals surface area (Å²) in [5.74, 6) is 0. The van der Waals surface area contributed by atoms with Gasteiger partial charge in [0.1, 0.15) is 0 Å². The van der Waals surface area contributed by atoms with Crippen LogP contribution in [0, 0.1) is 6.92 Å². The normalized spacial score (nSPS) is 11.2. The number of fused-ring (bicyclic) bond motifs is 1. The summed E-state index contributed by atoms with van der Waals surface area (Å²) >= 11 is 0. The molecule has 92 valence electrons. The van der Waals surface area contributed by atoms with Crippen LogP contribution in [0.15, 0.2) is 30.5 Å². The molecule has 0 unspecified atom stereocenters. The van der Waals surface area contributed by atoms with E-state index in [9.17, 15) is 0 Å². The first-order chi connectivity index (χ1) is 8.33. The molecule has 0 amide bonds. The lowest BCUT2D eigenvalue weighted by Gasteiger charge is -2.06. The summed E-state index contributed by atoms with van der Waals surface area (Å²) < 4.78 is 7.31. The Hall–Kier alpha value is -1.32. The molecule has 1 heterocycles. The van der Waals surface area contributed by atoms with Crippen LogP contribution in [0.3, 0.4) is 0 Å². The molecule has 2 rings (SSSR count). The van der Waals surface area contributed by atoms with Crippen LogP contribution in [0.25, 0.3) is 10.9 Å². The van der Waals surface area contributed by atoms with E-state index in [0.29, 0.717) is 0 Å². The van der Waals surface area contributed by atoms with Gasteiger partial charge in [-0.05, 0) is 18.6 Å². The van der Waals surface area contributed by atoms with Crippen molar-refractivity contribution in [3.63, 3.8) is 0 Å². The second-order valence-corrected chi connectivity index (χ2v) is 4.27. The van der Waals surface area contributed by atoms with Crippen LogP contribution in [0.5, 0.6) is 0 Å². The van der Waals surface area contributed by atoms with Crippen LogP contribution in [0.2, 0.25) is 0 Å². The Labute approximate surface area is 102 Å². The predicted molar refractivity (Wildman–Crippen MR) is 71.4 cm³/mol. The van der Waals surface area contributed by atoms with Crippen LogP contribution in [0.4, 0.5) is 0 Å². The number of ether oxygens (including phenoxy) is 1. The monoisotopic (exact) mass is 232 g/mol. The van der Waals surface area contributed by atoms with Gasteiger partial charge in [0.25, 0.3) is 0 Å². The molecule has 1 aromatic carbocycles. The number of nitrogens with one attached hydrogen (secondary N) is 1. The maximum atomic E-state index is 5.00. The zero-order valence-electron chi connectivity index (χ0n) is 10.6. The Morgan fingerprint density at radius 3 is 2.88 bits per heavy atom. The van der Waals surface area contributed by atoms with Gasteiger partial charge in [0.05, 0.1) is 6.61 Å². The highest BCUT2D eigenvalue weighted by Crippen LogP contribution is 2.19. The zero-order chi connectivity index (χ0) is 12.1. The minimum absolute atomic E-state index is 0.769. The van der Waals surface area contributed by atoms with Gasteiger partial charge in [-0.15, -0.1) is 0 Å². The standard InChI is InChI=1S/C14H20N2O/c1-12-11-16(9-7-15-8-10-17-2)14-6-4-3-5-13(12)14/h3-6,11,15H,7-10H2,1-2H3. The van der Waals surface area contributed by atoms with E-state index in [1.54, 1.807) is 7.11 Å². The molecule has 0 aliphatic heterocycles. The van der Waals surface area contributed by atoms with Gasteiger partial charge < -0.3 is 14.6 Å². The lowest BCUT2D eigenvalue weighted by atomic mass is 10.2. The third-order valence-corrected chi connectivity index (χ3v) is 3.00. The maximum Gasteiger partial charge on any atom is 0.0587 e. The molecule has 0 atom stereocenters. The predicted octanol–water partition coefficient (Wildman–Crippen LogP) is 2.19. The van der Waals surface area contributed by atoms with E-state index in [0.717, 1.165) is 26.2 Å². The molecule has 0 saturated heterocycles. The average Bonchev–Trinajstić information content (AvgIpc) is 2.67. The minimum Gasteiger partial charge on any atom is -0.383 e. The highest BCUT2D eigenvalue weighted by atomic mass is 16.5. The number of rotatable bonds is 6. The van der Waals surface area contributed by atoms with Crippen molar-refractivity contribution in [2.75, 3.05) is 26.8 Å². The highest BCUT2D eigenvalue weighted by Gasteiger charge is 2.03. The number of benzene rings is 1. The van der Waals surface area contributed by atoms with Crippen molar-refractivity contribution in [1.29, 1.82) is 0 Å². The molecule has 0 fully saturated rings. The average molecular weight is 232 g/mol. The Balaban J connectivity index is 1.99. The summed E-state index contributed by atoms with van der Waals surface area (Å²) in [5.41, 5.74) is 2.66. The van der Waals surface area contributed by atoms with Crippen LogP contribution >= 0.6 is 0 Å². The molecule has 17 heavy (non-hydrogen) atoms. The molecule has 2 aromatic rings. The van der Waals surface area contributed by atoms with E-state index in [1.165, 1.54) is 16.5 Å². The first-order valence-corrected chi connectivity index (χ1v) is 6.07. The van der Waals surface area contributed by atoms with Crippen molar-refractivity contribution in [1.82, 2.24) is 9.88 Å². The molecule has 0 radical (unpaired) electrons. The van der Waals surface area contributed by atoms with Crippen molar-refractivity contribution in [3.05, 3.63) is 36.0 Å². The van der Waals surface area contributed by atoms with Gasteiger partial charge >= 0.3 is 0 Å². The number of para-hydroxylation sites is 1. The fourth-order valence-corrected chi connectivity index (χ4v) is 2.11. The first-order valence-electron chi connectivity index (χ1n) is 6.07. The molecule has 3 nitrogen and oxygen atoms in total. The Morgan fingerprint density at radius 2 is 2.06 bits per heavy atom.